The number of ketones is 1. The van der Waals surface area contributed by atoms with Gasteiger partial charge in [-0.05, 0) is 24.3 Å². The van der Waals surface area contributed by atoms with Crippen molar-refractivity contribution in [3.05, 3.63) is 22.4 Å². The van der Waals surface area contributed by atoms with Crippen molar-refractivity contribution in [1.29, 1.82) is 0 Å². The lowest BCUT2D eigenvalue weighted by molar-refractivity contribution is 0.0957. The molecular formula is C13H19NO3S2. The predicted octanol–water partition coefficient (Wildman–Crippen LogP) is 2.53. The van der Waals surface area contributed by atoms with Crippen molar-refractivity contribution in [3.8, 4) is 0 Å². The molecule has 0 aliphatic carbocycles. The van der Waals surface area contributed by atoms with Gasteiger partial charge in [-0.25, -0.2) is 8.42 Å². The second-order valence-corrected chi connectivity index (χ2v) is 7.86. The summed E-state index contributed by atoms with van der Waals surface area (Å²) in [5.41, 5.74) is 0. The lowest BCUT2D eigenvalue weighted by Crippen LogP contribution is -2.40. The lowest BCUT2D eigenvalue weighted by atomic mass is 10.0. The van der Waals surface area contributed by atoms with Crippen LogP contribution < -0.4 is 0 Å². The molecule has 1 aromatic heterocycles. The molecule has 0 spiro atoms. The number of sulfonamides is 1. The van der Waals surface area contributed by atoms with Gasteiger partial charge in [0.05, 0.1) is 11.1 Å². The van der Waals surface area contributed by atoms with Crippen LogP contribution in [-0.4, -0.2) is 37.3 Å². The molecule has 0 aromatic carbocycles. The number of carbonyl (C=O) groups is 1. The van der Waals surface area contributed by atoms with Gasteiger partial charge in [0.25, 0.3) is 0 Å². The van der Waals surface area contributed by atoms with E-state index in [0.29, 0.717) is 13.0 Å². The number of rotatable bonds is 4. The van der Waals surface area contributed by atoms with Gasteiger partial charge in [0.15, 0.2) is 5.78 Å². The van der Waals surface area contributed by atoms with Crippen LogP contribution in [0.15, 0.2) is 17.5 Å². The van der Waals surface area contributed by atoms with E-state index in [9.17, 15) is 13.2 Å². The maximum Gasteiger partial charge on any atom is 0.211 e. The maximum atomic E-state index is 12.1. The number of Topliss-reactive ketones (excluding diaryl/α,β-unsaturated/α-hetero) is 1. The first-order valence-electron chi connectivity index (χ1n) is 6.52. The first-order chi connectivity index (χ1) is 8.98. The molecule has 1 aliphatic rings. The summed E-state index contributed by atoms with van der Waals surface area (Å²) < 4.78 is 25.2. The monoisotopic (exact) mass is 301 g/mol. The first-order valence-corrected chi connectivity index (χ1v) is 9.25. The fraction of sp³-hybridized carbons (Fsp3) is 0.615. The Hall–Kier alpha value is -0.720. The van der Waals surface area contributed by atoms with Crippen LogP contribution in [0.25, 0.3) is 0 Å². The summed E-state index contributed by atoms with van der Waals surface area (Å²) in [6.07, 6.45) is 5.24. The second-order valence-electron chi connectivity index (χ2n) is 4.98. The van der Waals surface area contributed by atoms with Crippen molar-refractivity contribution >= 4 is 27.1 Å². The Morgan fingerprint density at radius 3 is 2.84 bits per heavy atom. The highest BCUT2D eigenvalue weighted by Crippen LogP contribution is 2.24. The normalized spacial score (nSPS) is 22.1. The van der Waals surface area contributed by atoms with E-state index < -0.39 is 10.0 Å². The number of hydrogen-bond acceptors (Lipinski definition) is 4. The van der Waals surface area contributed by atoms with Gasteiger partial charge in [0, 0.05) is 19.0 Å². The molecule has 0 saturated carbocycles. The molecule has 1 fully saturated rings. The minimum atomic E-state index is -3.23. The van der Waals surface area contributed by atoms with Gasteiger partial charge >= 0.3 is 0 Å². The molecule has 2 rings (SSSR count). The summed E-state index contributed by atoms with van der Waals surface area (Å²) in [5, 5.41) is 1.87. The third-order valence-electron chi connectivity index (χ3n) is 3.47. The quantitative estimate of drug-likeness (QED) is 0.803. The molecule has 2 heterocycles. The Bertz CT molecular complexity index is 522. The summed E-state index contributed by atoms with van der Waals surface area (Å²) >= 11 is 1.42. The average Bonchev–Trinajstić information content (AvgIpc) is 2.75. The number of carbonyl (C=O) groups excluding carboxylic acids is 1. The van der Waals surface area contributed by atoms with Crippen LogP contribution >= 0.6 is 11.3 Å². The molecule has 1 aromatic rings. The van der Waals surface area contributed by atoms with Crippen LogP contribution in [0.3, 0.4) is 0 Å². The third kappa shape index (κ3) is 3.87. The molecular weight excluding hydrogens is 282 g/mol. The van der Waals surface area contributed by atoms with Gasteiger partial charge in [-0.2, -0.15) is 4.31 Å². The summed E-state index contributed by atoms with van der Waals surface area (Å²) in [5.74, 6) is 0.0514. The largest absolute Gasteiger partial charge is 0.293 e. The van der Waals surface area contributed by atoms with E-state index in [1.807, 2.05) is 11.4 Å². The van der Waals surface area contributed by atoms with Crippen LogP contribution in [0, 0.1) is 0 Å². The van der Waals surface area contributed by atoms with Crippen LogP contribution in [0.1, 0.15) is 41.8 Å². The van der Waals surface area contributed by atoms with Gasteiger partial charge < -0.3 is 0 Å². The van der Waals surface area contributed by atoms with Crippen LogP contribution in [-0.2, 0) is 10.0 Å². The van der Waals surface area contributed by atoms with Gasteiger partial charge in [0.1, 0.15) is 0 Å². The molecule has 0 bridgehead atoms. The van der Waals surface area contributed by atoms with Gasteiger partial charge in [-0.1, -0.05) is 18.9 Å². The lowest BCUT2D eigenvalue weighted by Gasteiger charge is -2.27. The van der Waals surface area contributed by atoms with E-state index in [1.165, 1.54) is 21.9 Å². The Morgan fingerprint density at radius 2 is 2.21 bits per heavy atom. The zero-order chi connectivity index (χ0) is 13.9. The molecule has 0 unspecified atom stereocenters. The first kappa shape index (κ1) is 14.7. The number of hydrogen-bond donors (Lipinski definition) is 0. The molecule has 0 N–H and O–H groups in total. The minimum Gasteiger partial charge on any atom is -0.293 e. The standard InChI is InChI=1S/C13H19NO3S2/c1-19(16,17)14-8-4-2-3-6-11(14)10-12(15)13-7-5-9-18-13/h5,7,9,11H,2-4,6,8,10H2,1H3/t11-/m0/s1. The Labute approximate surface area is 118 Å². The highest BCUT2D eigenvalue weighted by Gasteiger charge is 2.30. The summed E-state index contributed by atoms with van der Waals surface area (Å²) in [7, 11) is -3.23. The summed E-state index contributed by atoms with van der Waals surface area (Å²) in [6.45, 7) is 0.543. The van der Waals surface area contributed by atoms with E-state index in [0.717, 1.165) is 30.6 Å². The van der Waals surface area contributed by atoms with E-state index in [2.05, 4.69) is 0 Å². The second kappa shape index (κ2) is 6.15. The highest BCUT2D eigenvalue weighted by molar-refractivity contribution is 7.88. The molecule has 106 valence electrons. The fourth-order valence-electron chi connectivity index (χ4n) is 2.54. The van der Waals surface area contributed by atoms with Gasteiger partial charge in [0.2, 0.25) is 10.0 Å². The molecule has 6 heteroatoms. The Morgan fingerprint density at radius 1 is 1.42 bits per heavy atom. The van der Waals surface area contributed by atoms with Crippen LogP contribution in [0.4, 0.5) is 0 Å². The van der Waals surface area contributed by atoms with Crippen LogP contribution in [0.5, 0.6) is 0 Å². The Balaban J connectivity index is 2.13. The smallest absolute Gasteiger partial charge is 0.211 e. The highest BCUT2D eigenvalue weighted by atomic mass is 32.2. The number of nitrogens with zero attached hydrogens (tertiary/aromatic N) is 1. The van der Waals surface area contributed by atoms with Crippen molar-refractivity contribution in [1.82, 2.24) is 4.31 Å². The summed E-state index contributed by atoms with van der Waals surface area (Å²) in [6, 6.07) is 3.47. The van der Waals surface area contributed by atoms with E-state index in [4.69, 9.17) is 0 Å². The molecule has 1 aliphatic heterocycles. The zero-order valence-electron chi connectivity index (χ0n) is 11.0. The van der Waals surface area contributed by atoms with Crippen molar-refractivity contribution in [2.45, 2.75) is 38.1 Å². The van der Waals surface area contributed by atoms with Crippen LogP contribution in [0.2, 0.25) is 0 Å². The Kier molecular flexibility index (Phi) is 4.76. The molecule has 1 saturated heterocycles. The topological polar surface area (TPSA) is 54.5 Å². The minimum absolute atomic E-state index is 0.0514. The number of thiophene rings is 1. The van der Waals surface area contributed by atoms with Gasteiger partial charge in [-0.15, -0.1) is 11.3 Å². The van der Waals surface area contributed by atoms with Gasteiger partial charge in [-0.3, -0.25) is 4.79 Å². The molecule has 0 amide bonds. The fourth-order valence-corrected chi connectivity index (χ4v) is 4.40. The molecule has 19 heavy (non-hydrogen) atoms. The molecule has 4 nitrogen and oxygen atoms in total. The van der Waals surface area contributed by atoms with Crippen molar-refractivity contribution in [3.63, 3.8) is 0 Å². The van der Waals surface area contributed by atoms with Crippen molar-refractivity contribution < 1.29 is 13.2 Å². The third-order valence-corrected chi connectivity index (χ3v) is 5.71. The van der Waals surface area contributed by atoms with E-state index in [-0.39, 0.29) is 11.8 Å². The maximum absolute atomic E-state index is 12.1. The molecule has 1 atom stereocenters. The molecule has 0 radical (unpaired) electrons. The average molecular weight is 301 g/mol. The van der Waals surface area contributed by atoms with Crippen molar-refractivity contribution in [2.75, 3.05) is 12.8 Å². The van der Waals surface area contributed by atoms with E-state index in [1.54, 1.807) is 6.07 Å². The summed E-state index contributed by atoms with van der Waals surface area (Å²) in [4.78, 5) is 12.9. The zero-order valence-corrected chi connectivity index (χ0v) is 12.7. The van der Waals surface area contributed by atoms with E-state index >= 15 is 0 Å². The SMILES string of the molecule is CS(=O)(=O)N1CCCCC[C@H]1CC(=O)c1cccs1. The predicted molar refractivity (Wildman–Crippen MR) is 77.1 cm³/mol. The van der Waals surface area contributed by atoms with Crippen molar-refractivity contribution in [2.24, 2.45) is 0 Å².